The molecular formula is C25H25N3O3. The molecule has 3 aromatic rings. The Morgan fingerprint density at radius 1 is 1.06 bits per heavy atom. The van der Waals surface area contributed by atoms with Crippen molar-refractivity contribution in [1.82, 2.24) is 10.3 Å². The molecule has 0 spiro atoms. The van der Waals surface area contributed by atoms with Gasteiger partial charge in [-0.05, 0) is 67.6 Å². The number of rotatable bonds is 6. The lowest BCUT2D eigenvalue weighted by Gasteiger charge is -2.18. The zero-order valence-corrected chi connectivity index (χ0v) is 17.7. The summed E-state index contributed by atoms with van der Waals surface area (Å²) in [5, 5.41) is 5.78. The Labute approximate surface area is 181 Å². The first-order valence-electron chi connectivity index (χ1n) is 10.4. The zero-order valence-electron chi connectivity index (χ0n) is 17.7. The Kier molecular flexibility index (Phi) is 5.98. The van der Waals surface area contributed by atoms with Crippen molar-refractivity contribution in [2.75, 3.05) is 18.5 Å². The molecular weight excluding hydrogens is 390 g/mol. The number of fused-ring (bicyclic) bond motifs is 1. The SMILES string of the molecule is Cc1ccc(C(=O)NCCCc2ccc(-c3ccc4c(c3)OCC(=O)N4)cc2)c(C)n1. The number of amides is 2. The van der Waals surface area contributed by atoms with Gasteiger partial charge in [-0.2, -0.15) is 0 Å². The molecule has 1 aliphatic heterocycles. The summed E-state index contributed by atoms with van der Waals surface area (Å²) in [6.07, 6.45) is 1.74. The van der Waals surface area contributed by atoms with Gasteiger partial charge in [-0.3, -0.25) is 14.6 Å². The maximum absolute atomic E-state index is 12.3. The molecule has 0 unspecified atom stereocenters. The van der Waals surface area contributed by atoms with E-state index in [1.807, 2.05) is 44.2 Å². The number of nitrogens with zero attached hydrogens (tertiary/aromatic N) is 1. The Bertz CT molecular complexity index is 1120. The lowest BCUT2D eigenvalue weighted by Crippen LogP contribution is -2.25. The predicted octanol–water partition coefficient (Wildman–Crippen LogP) is 4.06. The third kappa shape index (κ3) is 4.91. The summed E-state index contributed by atoms with van der Waals surface area (Å²) in [6.45, 7) is 4.43. The minimum Gasteiger partial charge on any atom is -0.482 e. The van der Waals surface area contributed by atoms with Crippen molar-refractivity contribution >= 4 is 17.5 Å². The van der Waals surface area contributed by atoms with Crippen LogP contribution >= 0.6 is 0 Å². The normalized spacial score (nSPS) is 12.5. The molecule has 158 valence electrons. The lowest BCUT2D eigenvalue weighted by atomic mass is 10.0. The molecule has 31 heavy (non-hydrogen) atoms. The summed E-state index contributed by atoms with van der Waals surface area (Å²) >= 11 is 0. The second kappa shape index (κ2) is 9.00. The first-order valence-corrected chi connectivity index (χ1v) is 10.4. The van der Waals surface area contributed by atoms with E-state index < -0.39 is 0 Å². The van der Waals surface area contributed by atoms with Gasteiger partial charge in [0.1, 0.15) is 5.75 Å². The van der Waals surface area contributed by atoms with E-state index >= 15 is 0 Å². The van der Waals surface area contributed by atoms with Crippen LogP contribution in [0.25, 0.3) is 11.1 Å². The zero-order chi connectivity index (χ0) is 21.8. The van der Waals surface area contributed by atoms with Crippen molar-refractivity contribution in [3.05, 3.63) is 77.1 Å². The van der Waals surface area contributed by atoms with Crippen molar-refractivity contribution in [2.24, 2.45) is 0 Å². The summed E-state index contributed by atoms with van der Waals surface area (Å²) in [5.74, 6) is 0.480. The standard InChI is InChI=1S/C25H25N3O3/c1-16-5-11-21(17(2)27-16)25(30)26-13-3-4-18-6-8-19(9-7-18)20-10-12-22-23(14-20)31-15-24(29)28-22/h5-12,14H,3-4,13,15H2,1-2H3,(H,26,30)(H,28,29). The predicted molar refractivity (Wildman–Crippen MR) is 120 cm³/mol. The van der Waals surface area contributed by atoms with Gasteiger partial charge >= 0.3 is 0 Å². The van der Waals surface area contributed by atoms with E-state index in [4.69, 9.17) is 4.74 Å². The van der Waals surface area contributed by atoms with E-state index in [9.17, 15) is 9.59 Å². The van der Waals surface area contributed by atoms with Crippen molar-refractivity contribution in [3.8, 4) is 16.9 Å². The summed E-state index contributed by atoms with van der Waals surface area (Å²) < 4.78 is 5.50. The Balaban J connectivity index is 1.30. The number of pyridine rings is 1. The van der Waals surface area contributed by atoms with Crippen LogP contribution in [0, 0.1) is 13.8 Å². The van der Waals surface area contributed by atoms with Crippen LogP contribution in [0.2, 0.25) is 0 Å². The van der Waals surface area contributed by atoms with Crippen LogP contribution in [0.4, 0.5) is 5.69 Å². The molecule has 0 aliphatic carbocycles. The minimum atomic E-state index is -0.133. The van der Waals surface area contributed by atoms with Crippen LogP contribution in [-0.4, -0.2) is 29.9 Å². The number of aromatic nitrogens is 1. The molecule has 0 radical (unpaired) electrons. The van der Waals surface area contributed by atoms with Crippen LogP contribution in [0.15, 0.2) is 54.6 Å². The molecule has 0 fully saturated rings. The molecule has 0 saturated heterocycles. The molecule has 0 bridgehead atoms. The second-order valence-corrected chi connectivity index (χ2v) is 7.69. The molecule has 2 amide bonds. The number of nitrogens with one attached hydrogen (secondary N) is 2. The second-order valence-electron chi connectivity index (χ2n) is 7.69. The Morgan fingerprint density at radius 2 is 1.84 bits per heavy atom. The van der Waals surface area contributed by atoms with Crippen molar-refractivity contribution < 1.29 is 14.3 Å². The first kappa shape index (κ1) is 20.6. The van der Waals surface area contributed by atoms with Gasteiger partial charge in [-0.25, -0.2) is 0 Å². The number of hydrogen-bond donors (Lipinski definition) is 2. The maximum atomic E-state index is 12.3. The molecule has 1 aliphatic rings. The number of hydrogen-bond acceptors (Lipinski definition) is 4. The number of carbonyl (C=O) groups excluding carboxylic acids is 2. The average Bonchev–Trinajstić information content (AvgIpc) is 2.76. The molecule has 0 atom stereocenters. The van der Waals surface area contributed by atoms with Gasteiger partial charge in [0, 0.05) is 12.2 Å². The van der Waals surface area contributed by atoms with Crippen LogP contribution in [0.1, 0.15) is 33.7 Å². The van der Waals surface area contributed by atoms with E-state index in [1.165, 1.54) is 5.56 Å². The van der Waals surface area contributed by atoms with Crippen molar-refractivity contribution in [1.29, 1.82) is 0 Å². The summed E-state index contributed by atoms with van der Waals surface area (Å²) in [7, 11) is 0. The molecule has 1 aromatic heterocycles. The Hall–Kier alpha value is -3.67. The highest BCUT2D eigenvalue weighted by molar-refractivity contribution is 5.96. The Morgan fingerprint density at radius 3 is 2.61 bits per heavy atom. The largest absolute Gasteiger partial charge is 0.482 e. The summed E-state index contributed by atoms with van der Waals surface area (Å²) in [5.41, 5.74) is 6.33. The maximum Gasteiger partial charge on any atom is 0.262 e. The molecule has 2 N–H and O–H groups in total. The lowest BCUT2D eigenvalue weighted by molar-refractivity contribution is -0.118. The fourth-order valence-electron chi connectivity index (χ4n) is 3.63. The topological polar surface area (TPSA) is 80.3 Å². The van der Waals surface area contributed by atoms with Gasteiger partial charge in [0.15, 0.2) is 6.61 Å². The number of ether oxygens (including phenoxy) is 1. The van der Waals surface area contributed by atoms with E-state index in [0.717, 1.165) is 35.4 Å². The highest BCUT2D eigenvalue weighted by Crippen LogP contribution is 2.32. The van der Waals surface area contributed by atoms with Gasteiger partial charge < -0.3 is 15.4 Å². The highest BCUT2D eigenvalue weighted by atomic mass is 16.5. The van der Waals surface area contributed by atoms with E-state index in [0.29, 0.717) is 23.5 Å². The fraction of sp³-hybridized carbons (Fsp3) is 0.240. The molecule has 2 heterocycles. The van der Waals surface area contributed by atoms with E-state index in [2.05, 4.69) is 39.9 Å². The van der Waals surface area contributed by atoms with Crippen LogP contribution < -0.4 is 15.4 Å². The van der Waals surface area contributed by atoms with Crippen LogP contribution in [0.3, 0.4) is 0 Å². The number of carbonyl (C=O) groups is 2. The van der Waals surface area contributed by atoms with Gasteiger partial charge in [0.2, 0.25) is 0 Å². The third-order valence-corrected chi connectivity index (χ3v) is 5.30. The minimum absolute atomic E-state index is 0.0475. The van der Waals surface area contributed by atoms with Gasteiger partial charge in [0.25, 0.3) is 11.8 Å². The van der Waals surface area contributed by atoms with Crippen molar-refractivity contribution in [2.45, 2.75) is 26.7 Å². The van der Waals surface area contributed by atoms with Crippen molar-refractivity contribution in [3.63, 3.8) is 0 Å². The molecule has 2 aromatic carbocycles. The smallest absolute Gasteiger partial charge is 0.262 e. The van der Waals surface area contributed by atoms with Crippen LogP contribution in [-0.2, 0) is 11.2 Å². The van der Waals surface area contributed by atoms with E-state index in [-0.39, 0.29) is 18.4 Å². The van der Waals surface area contributed by atoms with E-state index in [1.54, 1.807) is 0 Å². The fourth-order valence-corrected chi connectivity index (χ4v) is 3.63. The molecule has 6 nitrogen and oxygen atoms in total. The van der Waals surface area contributed by atoms with Crippen LogP contribution in [0.5, 0.6) is 5.75 Å². The quantitative estimate of drug-likeness (QED) is 0.595. The number of aryl methyl sites for hydroxylation is 3. The van der Waals surface area contributed by atoms with Gasteiger partial charge in [0.05, 0.1) is 16.9 Å². The number of anilines is 1. The first-order chi connectivity index (χ1) is 15.0. The average molecular weight is 415 g/mol. The molecule has 6 heteroatoms. The summed E-state index contributed by atoms with van der Waals surface area (Å²) in [6, 6.07) is 17.8. The monoisotopic (exact) mass is 415 g/mol. The highest BCUT2D eigenvalue weighted by Gasteiger charge is 2.16. The molecule has 4 rings (SSSR count). The molecule has 0 saturated carbocycles. The number of benzene rings is 2. The van der Waals surface area contributed by atoms with Gasteiger partial charge in [-0.1, -0.05) is 30.3 Å². The summed E-state index contributed by atoms with van der Waals surface area (Å²) in [4.78, 5) is 28.1. The van der Waals surface area contributed by atoms with Gasteiger partial charge in [-0.15, -0.1) is 0 Å². The third-order valence-electron chi connectivity index (χ3n) is 5.30.